The first-order chi connectivity index (χ1) is 9.24. The van der Waals surface area contributed by atoms with Crippen molar-refractivity contribution >= 4 is 0 Å². The zero-order valence-electron chi connectivity index (χ0n) is 11.0. The van der Waals surface area contributed by atoms with Crippen molar-refractivity contribution in [2.75, 3.05) is 13.2 Å². The minimum Gasteiger partial charge on any atom is -0.491 e. The number of nitrogens with one attached hydrogen (secondary N) is 1. The van der Waals surface area contributed by atoms with Gasteiger partial charge in [-0.2, -0.15) is 0 Å². The monoisotopic (exact) mass is 261 g/mol. The molecule has 0 unspecified atom stereocenters. The van der Waals surface area contributed by atoms with E-state index in [2.05, 4.69) is 5.32 Å². The first-order valence-corrected chi connectivity index (χ1v) is 6.34. The molecule has 0 saturated heterocycles. The third kappa shape index (κ3) is 4.77. The van der Waals surface area contributed by atoms with E-state index < -0.39 is 6.10 Å². The van der Waals surface area contributed by atoms with Crippen molar-refractivity contribution in [1.82, 2.24) is 5.32 Å². The number of aliphatic hydroxyl groups is 1. The third-order valence-corrected chi connectivity index (χ3v) is 2.72. The second-order valence-electron chi connectivity index (χ2n) is 4.49. The van der Waals surface area contributed by atoms with E-state index in [1.807, 2.05) is 43.3 Å². The predicted molar refractivity (Wildman–Crippen MR) is 73.1 cm³/mol. The maximum absolute atomic E-state index is 9.78. The van der Waals surface area contributed by atoms with Crippen molar-refractivity contribution in [2.24, 2.45) is 0 Å². The van der Waals surface area contributed by atoms with Gasteiger partial charge < -0.3 is 19.6 Å². The van der Waals surface area contributed by atoms with Crippen molar-refractivity contribution in [2.45, 2.75) is 19.6 Å². The highest BCUT2D eigenvalue weighted by atomic mass is 16.5. The minimum absolute atomic E-state index is 0.272. The van der Waals surface area contributed by atoms with Crippen LogP contribution in [0.4, 0.5) is 0 Å². The lowest BCUT2D eigenvalue weighted by atomic mass is 10.2. The highest BCUT2D eigenvalue weighted by Gasteiger charge is 2.05. The number of rotatable bonds is 7. The van der Waals surface area contributed by atoms with Gasteiger partial charge in [0.1, 0.15) is 24.2 Å². The van der Waals surface area contributed by atoms with Crippen LogP contribution in [0.5, 0.6) is 5.75 Å². The topological polar surface area (TPSA) is 54.6 Å². The van der Waals surface area contributed by atoms with E-state index in [0.29, 0.717) is 13.1 Å². The summed E-state index contributed by atoms with van der Waals surface area (Å²) < 4.78 is 10.7. The van der Waals surface area contributed by atoms with Crippen molar-refractivity contribution in [3.63, 3.8) is 0 Å². The molecule has 1 heterocycles. The second-order valence-corrected chi connectivity index (χ2v) is 4.49. The average molecular weight is 261 g/mol. The molecule has 1 aromatic heterocycles. The van der Waals surface area contributed by atoms with E-state index in [4.69, 9.17) is 9.15 Å². The third-order valence-electron chi connectivity index (χ3n) is 2.72. The standard InChI is InChI=1S/C15H19NO3/c1-12-4-6-14(7-5-12)19-11-13(17)9-16-10-15-3-2-8-18-15/h2-8,13,16-17H,9-11H2,1H3/t13-/m0/s1. The van der Waals surface area contributed by atoms with E-state index in [1.165, 1.54) is 5.56 Å². The van der Waals surface area contributed by atoms with Gasteiger partial charge in [-0.3, -0.25) is 0 Å². The molecule has 4 nitrogen and oxygen atoms in total. The molecule has 0 fully saturated rings. The molecule has 1 aromatic carbocycles. The van der Waals surface area contributed by atoms with Crippen LogP contribution in [0.15, 0.2) is 47.1 Å². The van der Waals surface area contributed by atoms with Gasteiger partial charge in [0.2, 0.25) is 0 Å². The Hall–Kier alpha value is -1.78. The van der Waals surface area contributed by atoms with Gasteiger partial charge in [-0.25, -0.2) is 0 Å². The van der Waals surface area contributed by atoms with Gasteiger partial charge in [0, 0.05) is 6.54 Å². The first-order valence-electron chi connectivity index (χ1n) is 6.34. The van der Waals surface area contributed by atoms with Crippen molar-refractivity contribution in [3.8, 4) is 5.75 Å². The van der Waals surface area contributed by atoms with Crippen LogP contribution in [0, 0.1) is 6.92 Å². The van der Waals surface area contributed by atoms with Crippen molar-refractivity contribution in [1.29, 1.82) is 0 Å². The molecule has 0 amide bonds. The smallest absolute Gasteiger partial charge is 0.119 e. The highest BCUT2D eigenvalue weighted by Crippen LogP contribution is 2.11. The van der Waals surface area contributed by atoms with E-state index in [0.717, 1.165) is 11.5 Å². The highest BCUT2D eigenvalue weighted by molar-refractivity contribution is 5.26. The van der Waals surface area contributed by atoms with Gasteiger partial charge in [-0.1, -0.05) is 17.7 Å². The number of furan rings is 1. The zero-order valence-corrected chi connectivity index (χ0v) is 11.0. The lowest BCUT2D eigenvalue weighted by Crippen LogP contribution is -2.31. The molecule has 1 atom stereocenters. The molecule has 2 rings (SSSR count). The Morgan fingerprint density at radius 3 is 2.74 bits per heavy atom. The molecular formula is C15H19NO3. The van der Waals surface area contributed by atoms with Gasteiger partial charge in [0.15, 0.2) is 0 Å². The largest absolute Gasteiger partial charge is 0.491 e. The van der Waals surface area contributed by atoms with Crippen LogP contribution < -0.4 is 10.1 Å². The van der Waals surface area contributed by atoms with Gasteiger partial charge in [0.25, 0.3) is 0 Å². The SMILES string of the molecule is Cc1ccc(OC[C@@H](O)CNCc2ccco2)cc1. The Kier molecular flexibility index (Phi) is 5.01. The van der Waals surface area contributed by atoms with Crippen LogP contribution in [0.3, 0.4) is 0 Å². The first kappa shape index (κ1) is 13.6. The van der Waals surface area contributed by atoms with Crippen LogP contribution in [0.2, 0.25) is 0 Å². The normalized spacial score (nSPS) is 12.3. The quantitative estimate of drug-likeness (QED) is 0.801. The summed E-state index contributed by atoms with van der Waals surface area (Å²) in [5.41, 5.74) is 1.19. The summed E-state index contributed by atoms with van der Waals surface area (Å²) in [6.45, 7) is 3.37. The molecule has 19 heavy (non-hydrogen) atoms. The van der Waals surface area contributed by atoms with Gasteiger partial charge >= 0.3 is 0 Å². The summed E-state index contributed by atoms with van der Waals surface area (Å²) >= 11 is 0. The molecule has 0 saturated carbocycles. The van der Waals surface area contributed by atoms with Crippen LogP contribution >= 0.6 is 0 Å². The Morgan fingerprint density at radius 2 is 2.05 bits per heavy atom. The maximum Gasteiger partial charge on any atom is 0.119 e. The number of aliphatic hydroxyl groups excluding tert-OH is 1. The molecule has 102 valence electrons. The zero-order chi connectivity index (χ0) is 13.5. The van der Waals surface area contributed by atoms with Crippen LogP contribution in [0.1, 0.15) is 11.3 Å². The molecule has 0 spiro atoms. The van der Waals surface area contributed by atoms with Crippen LogP contribution in [-0.4, -0.2) is 24.4 Å². The summed E-state index contributed by atoms with van der Waals surface area (Å²) in [7, 11) is 0. The number of aryl methyl sites for hydroxylation is 1. The molecule has 0 bridgehead atoms. The molecule has 2 aromatic rings. The minimum atomic E-state index is -0.545. The fraction of sp³-hybridized carbons (Fsp3) is 0.333. The summed E-state index contributed by atoms with van der Waals surface area (Å²) in [5, 5.41) is 12.9. The lowest BCUT2D eigenvalue weighted by molar-refractivity contribution is 0.105. The summed E-state index contributed by atoms with van der Waals surface area (Å²) in [4.78, 5) is 0. The summed E-state index contributed by atoms with van der Waals surface area (Å²) in [5.74, 6) is 1.63. The van der Waals surface area contributed by atoms with Gasteiger partial charge in [-0.05, 0) is 31.2 Å². The van der Waals surface area contributed by atoms with E-state index in [9.17, 15) is 5.11 Å². The van der Waals surface area contributed by atoms with Crippen molar-refractivity contribution < 1.29 is 14.3 Å². The van der Waals surface area contributed by atoms with E-state index in [-0.39, 0.29) is 6.61 Å². The number of ether oxygens (including phenoxy) is 1. The fourth-order valence-corrected chi connectivity index (χ4v) is 1.66. The van der Waals surface area contributed by atoms with Gasteiger partial charge in [0.05, 0.1) is 12.8 Å². The van der Waals surface area contributed by atoms with E-state index >= 15 is 0 Å². The summed E-state index contributed by atoms with van der Waals surface area (Å²) in [6, 6.07) is 11.5. The van der Waals surface area contributed by atoms with Crippen molar-refractivity contribution in [3.05, 3.63) is 54.0 Å². The Balaban J connectivity index is 1.64. The predicted octanol–water partition coefficient (Wildman–Crippen LogP) is 2.12. The second kappa shape index (κ2) is 6.97. The molecule has 0 aliphatic heterocycles. The van der Waals surface area contributed by atoms with Crippen LogP contribution in [0.25, 0.3) is 0 Å². The molecule has 0 aliphatic rings. The average Bonchev–Trinajstić information content (AvgIpc) is 2.91. The number of hydrogen-bond acceptors (Lipinski definition) is 4. The van der Waals surface area contributed by atoms with Gasteiger partial charge in [-0.15, -0.1) is 0 Å². The Morgan fingerprint density at radius 1 is 1.26 bits per heavy atom. The molecular weight excluding hydrogens is 242 g/mol. The van der Waals surface area contributed by atoms with Crippen LogP contribution in [-0.2, 0) is 6.54 Å². The molecule has 2 N–H and O–H groups in total. The molecule has 0 aliphatic carbocycles. The number of hydrogen-bond donors (Lipinski definition) is 2. The maximum atomic E-state index is 9.78. The summed E-state index contributed by atoms with van der Waals surface area (Å²) in [6.07, 6.45) is 1.09. The molecule has 0 radical (unpaired) electrons. The lowest BCUT2D eigenvalue weighted by Gasteiger charge is -2.13. The fourth-order valence-electron chi connectivity index (χ4n) is 1.66. The number of benzene rings is 1. The molecule has 4 heteroatoms. The van der Waals surface area contributed by atoms with E-state index in [1.54, 1.807) is 6.26 Å². The Labute approximate surface area is 113 Å². The Bertz CT molecular complexity index is 465.